The molecule has 29 heavy (non-hydrogen) atoms. The quantitative estimate of drug-likeness (QED) is 0.660. The van der Waals surface area contributed by atoms with Crippen molar-refractivity contribution in [1.29, 1.82) is 0 Å². The Balaban J connectivity index is 1.58. The van der Waals surface area contributed by atoms with Gasteiger partial charge >= 0.3 is 0 Å². The van der Waals surface area contributed by atoms with Gasteiger partial charge in [-0.25, -0.2) is 4.52 Å². The maximum absolute atomic E-state index is 12.7. The van der Waals surface area contributed by atoms with E-state index >= 15 is 0 Å². The number of fused-ring (bicyclic) bond motifs is 5. The van der Waals surface area contributed by atoms with Gasteiger partial charge in [-0.1, -0.05) is 11.6 Å². The number of aromatic nitrogens is 3. The Morgan fingerprint density at radius 1 is 1.34 bits per heavy atom. The molecule has 150 valence electrons. The zero-order valence-corrected chi connectivity index (χ0v) is 16.6. The molecule has 0 saturated carbocycles. The Hall–Kier alpha value is -2.84. The van der Waals surface area contributed by atoms with E-state index in [1.807, 2.05) is 29.3 Å². The minimum absolute atomic E-state index is 0.0109. The van der Waals surface area contributed by atoms with Crippen LogP contribution in [0.15, 0.2) is 36.7 Å². The lowest BCUT2D eigenvalue weighted by Gasteiger charge is -2.25. The summed E-state index contributed by atoms with van der Waals surface area (Å²) < 4.78 is 13.0. The molecule has 4 heterocycles. The highest BCUT2D eigenvalue weighted by atomic mass is 35.5. The van der Waals surface area contributed by atoms with E-state index in [0.29, 0.717) is 42.7 Å². The number of benzene rings is 1. The number of methoxy groups -OCH3 is 1. The highest BCUT2D eigenvalue weighted by Gasteiger charge is 2.39. The standard InChI is InChI=1S/C20H20ClN5O3/c1-28-17-9-15-11-29-18-2-4-26-19(24-18)16(10-23-26)12-6-13(21)8-14(7-12)22-3-5-25(15)20(17)27/h2,4,6-8,10,15,17,22H,3,5,9,11H2,1H3/t15-,17+/m0/s1. The number of nitrogens with zero attached hydrogens (tertiary/aromatic N) is 4. The van der Waals surface area contributed by atoms with Gasteiger partial charge in [-0.05, 0) is 23.8 Å². The number of ether oxygens (including phenoxy) is 2. The van der Waals surface area contributed by atoms with Crippen LogP contribution in [0, 0.1) is 0 Å². The number of hydrogen-bond donors (Lipinski definition) is 1. The van der Waals surface area contributed by atoms with Gasteiger partial charge in [0, 0.05) is 55.2 Å². The molecular formula is C20H20ClN5O3. The van der Waals surface area contributed by atoms with E-state index in [-0.39, 0.29) is 11.9 Å². The largest absolute Gasteiger partial charge is 0.475 e. The fourth-order valence-electron chi connectivity index (χ4n) is 3.97. The fraction of sp³-hybridized carbons (Fsp3) is 0.350. The first-order chi connectivity index (χ1) is 14.1. The predicted octanol–water partition coefficient (Wildman–Crippen LogP) is 2.47. The second kappa shape index (κ2) is 7.20. The number of halogens is 1. The molecule has 1 N–H and O–H groups in total. The van der Waals surface area contributed by atoms with Gasteiger partial charge in [0.2, 0.25) is 5.88 Å². The van der Waals surface area contributed by atoms with Crippen LogP contribution in [-0.2, 0) is 9.53 Å². The average Bonchev–Trinajstić information content (AvgIpc) is 3.26. The van der Waals surface area contributed by atoms with Gasteiger partial charge in [0.15, 0.2) is 5.65 Å². The van der Waals surface area contributed by atoms with Crippen LogP contribution in [0.25, 0.3) is 16.8 Å². The average molecular weight is 414 g/mol. The van der Waals surface area contributed by atoms with Crippen molar-refractivity contribution in [2.75, 3.05) is 32.1 Å². The first-order valence-corrected chi connectivity index (χ1v) is 9.85. The highest BCUT2D eigenvalue weighted by Crippen LogP contribution is 2.31. The molecule has 0 unspecified atom stereocenters. The Bertz CT molecular complexity index is 1090. The predicted molar refractivity (Wildman–Crippen MR) is 108 cm³/mol. The van der Waals surface area contributed by atoms with Crippen LogP contribution in [0.2, 0.25) is 5.02 Å². The molecule has 1 fully saturated rings. The molecule has 9 heteroatoms. The molecular weight excluding hydrogens is 394 g/mol. The van der Waals surface area contributed by atoms with Gasteiger partial charge < -0.3 is 19.7 Å². The maximum atomic E-state index is 12.7. The SMILES string of the molecule is CO[C@@H]1C[C@H]2COc3ccn4ncc(c4n3)-c3cc(Cl)cc(c3)NCCN2C1=O. The molecule has 5 rings (SSSR count). The molecule has 2 aliphatic heterocycles. The normalized spacial score (nSPS) is 21.6. The van der Waals surface area contributed by atoms with E-state index < -0.39 is 6.10 Å². The summed E-state index contributed by atoms with van der Waals surface area (Å²) in [6, 6.07) is 7.45. The number of nitrogens with one attached hydrogen (secondary N) is 1. The first kappa shape index (κ1) is 18.2. The Labute approximate surface area is 172 Å². The number of carbonyl (C=O) groups excluding carboxylic acids is 1. The van der Waals surface area contributed by atoms with Crippen molar-refractivity contribution in [2.45, 2.75) is 18.6 Å². The summed E-state index contributed by atoms with van der Waals surface area (Å²) in [5.74, 6) is 0.480. The van der Waals surface area contributed by atoms with E-state index in [1.54, 1.807) is 23.9 Å². The van der Waals surface area contributed by atoms with Gasteiger partial charge in [-0.2, -0.15) is 10.1 Å². The minimum atomic E-state index is -0.436. The lowest BCUT2D eigenvalue weighted by atomic mass is 10.1. The van der Waals surface area contributed by atoms with E-state index in [2.05, 4.69) is 15.4 Å². The van der Waals surface area contributed by atoms with E-state index in [9.17, 15) is 4.79 Å². The molecule has 1 aromatic carbocycles. The van der Waals surface area contributed by atoms with Crippen LogP contribution in [0.5, 0.6) is 5.88 Å². The summed E-state index contributed by atoms with van der Waals surface area (Å²) in [7, 11) is 1.56. The fourth-order valence-corrected chi connectivity index (χ4v) is 4.21. The summed E-state index contributed by atoms with van der Waals surface area (Å²) >= 11 is 6.36. The summed E-state index contributed by atoms with van der Waals surface area (Å²) in [5, 5.41) is 8.36. The van der Waals surface area contributed by atoms with Gasteiger partial charge in [0.05, 0.1) is 12.2 Å². The second-order valence-corrected chi connectivity index (χ2v) is 7.64. The van der Waals surface area contributed by atoms with Crippen molar-refractivity contribution in [3.05, 3.63) is 41.7 Å². The molecule has 0 aliphatic carbocycles. The summed E-state index contributed by atoms with van der Waals surface area (Å²) in [6.07, 6.45) is 3.74. The zero-order valence-electron chi connectivity index (χ0n) is 15.8. The number of carbonyl (C=O) groups is 1. The molecule has 1 amide bonds. The van der Waals surface area contributed by atoms with Gasteiger partial charge in [0.25, 0.3) is 5.91 Å². The Morgan fingerprint density at radius 3 is 3.10 bits per heavy atom. The van der Waals surface area contributed by atoms with Crippen molar-refractivity contribution < 1.29 is 14.3 Å². The van der Waals surface area contributed by atoms with Crippen LogP contribution in [0.3, 0.4) is 0 Å². The van der Waals surface area contributed by atoms with Crippen molar-refractivity contribution in [1.82, 2.24) is 19.5 Å². The highest BCUT2D eigenvalue weighted by molar-refractivity contribution is 6.31. The first-order valence-electron chi connectivity index (χ1n) is 9.47. The third kappa shape index (κ3) is 3.28. The Morgan fingerprint density at radius 2 is 2.24 bits per heavy atom. The summed E-state index contributed by atoms with van der Waals surface area (Å²) in [4.78, 5) is 19.1. The molecule has 1 saturated heterocycles. The van der Waals surface area contributed by atoms with Crippen LogP contribution in [0.4, 0.5) is 5.69 Å². The smallest absolute Gasteiger partial charge is 0.252 e. The lowest BCUT2D eigenvalue weighted by molar-refractivity contribution is -0.136. The summed E-state index contributed by atoms with van der Waals surface area (Å²) in [5.41, 5.74) is 3.34. The van der Waals surface area contributed by atoms with Crippen molar-refractivity contribution in [2.24, 2.45) is 0 Å². The Kier molecular flexibility index (Phi) is 4.52. The molecule has 2 atom stereocenters. The molecule has 2 aromatic heterocycles. The van der Waals surface area contributed by atoms with Crippen molar-refractivity contribution in [3.63, 3.8) is 0 Å². The minimum Gasteiger partial charge on any atom is -0.475 e. The zero-order chi connectivity index (χ0) is 20.0. The molecule has 0 spiro atoms. The molecule has 8 nitrogen and oxygen atoms in total. The molecule has 4 bridgehead atoms. The van der Waals surface area contributed by atoms with Crippen LogP contribution >= 0.6 is 11.6 Å². The number of amides is 1. The summed E-state index contributed by atoms with van der Waals surface area (Å²) in [6.45, 7) is 1.49. The van der Waals surface area contributed by atoms with Gasteiger partial charge in [-0.15, -0.1) is 0 Å². The molecule has 3 aromatic rings. The van der Waals surface area contributed by atoms with Crippen LogP contribution in [-0.4, -0.2) is 64.4 Å². The third-order valence-corrected chi connectivity index (χ3v) is 5.65. The topological polar surface area (TPSA) is 81.0 Å². The van der Waals surface area contributed by atoms with Gasteiger partial charge in [-0.3, -0.25) is 4.79 Å². The van der Waals surface area contributed by atoms with E-state index in [1.165, 1.54) is 0 Å². The van der Waals surface area contributed by atoms with E-state index in [4.69, 9.17) is 21.1 Å². The van der Waals surface area contributed by atoms with Crippen LogP contribution in [0.1, 0.15) is 6.42 Å². The maximum Gasteiger partial charge on any atom is 0.252 e. The van der Waals surface area contributed by atoms with Crippen molar-refractivity contribution in [3.8, 4) is 17.0 Å². The monoisotopic (exact) mass is 413 g/mol. The number of rotatable bonds is 1. The van der Waals surface area contributed by atoms with Gasteiger partial charge in [0.1, 0.15) is 12.7 Å². The van der Waals surface area contributed by atoms with Crippen LogP contribution < -0.4 is 10.1 Å². The van der Waals surface area contributed by atoms with E-state index in [0.717, 1.165) is 16.8 Å². The lowest BCUT2D eigenvalue weighted by Crippen LogP contribution is -2.41. The number of anilines is 1. The second-order valence-electron chi connectivity index (χ2n) is 7.20. The molecule has 0 radical (unpaired) electrons. The third-order valence-electron chi connectivity index (χ3n) is 5.43. The van der Waals surface area contributed by atoms with Crippen molar-refractivity contribution >= 4 is 28.8 Å². The number of hydrogen-bond acceptors (Lipinski definition) is 6. The molecule has 2 aliphatic rings.